The number of hydrogen-bond donors (Lipinski definition) is 2. The third-order valence-corrected chi connectivity index (χ3v) is 4.13. The number of nitrogens with zero attached hydrogens (tertiary/aromatic N) is 2. The molecular formula is C19H20ClN3O2. The summed E-state index contributed by atoms with van der Waals surface area (Å²) in [5.74, 6) is 1.01. The van der Waals surface area contributed by atoms with Crippen LogP contribution in [-0.2, 0) is 17.8 Å². The third kappa shape index (κ3) is 4.32. The number of phenols is 1. The Balaban J connectivity index is 1.84. The van der Waals surface area contributed by atoms with E-state index in [-0.39, 0.29) is 5.75 Å². The predicted molar refractivity (Wildman–Crippen MR) is 100.0 cm³/mol. The quantitative estimate of drug-likeness (QED) is 0.666. The van der Waals surface area contributed by atoms with Crippen LogP contribution >= 0.6 is 11.6 Å². The van der Waals surface area contributed by atoms with Crippen molar-refractivity contribution in [2.24, 2.45) is 0 Å². The molecule has 3 rings (SSSR count). The highest BCUT2D eigenvalue weighted by atomic mass is 35.5. The van der Waals surface area contributed by atoms with Gasteiger partial charge in [-0.2, -0.15) is 0 Å². The lowest BCUT2D eigenvalue weighted by Crippen LogP contribution is -2.11. The van der Waals surface area contributed by atoms with Crippen LogP contribution in [-0.4, -0.2) is 28.4 Å². The van der Waals surface area contributed by atoms with Gasteiger partial charge in [0.2, 0.25) is 5.95 Å². The van der Waals surface area contributed by atoms with Gasteiger partial charge in [-0.1, -0.05) is 35.9 Å². The lowest BCUT2D eigenvalue weighted by molar-refractivity contribution is 0.188. The lowest BCUT2D eigenvalue weighted by atomic mass is 10.2. The van der Waals surface area contributed by atoms with Gasteiger partial charge in [0.1, 0.15) is 5.75 Å². The molecular weight excluding hydrogens is 338 g/mol. The average Bonchev–Trinajstić information content (AvgIpc) is 3.01. The Morgan fingerprint density at radius 3 is 2.72 bits per heavy atom. The second-order valence-electron chi connectivity index (χ2n) is 5.64. The van der Waals surface area contributed by atoms with Crippen molar-refractivity contribution in [3.05, 3.63) is 65.3 Å². The van der Waals surface area contributed by atoms with Crippen molar-refractivity contribution in [3.63, 3.8) is 0 Å². The Hall–Kier alpha value is -2.50. The number of halogens is 1. The lowest BCUT2D eigenvalue weighted by Gasteiger charge is -2.13. The fourth-order valence-corrected chi connectivity index (χ4v) is 2.75. The van der Waals surface area contributed by atoms with Crippen LogP contribution in [0.4, 0.5) is 5.95 Å². The number of imidazole rings is 1. The van der Waals surface area contributed by atoms with E-state index in [0.29, 0.717) is 24.7 Å². The number of aromatic nitrogens is 2. The molecule has 3 aromatic rings. The number of nitrogens with one attached hydrogen (secondary N) is 1. The molecule has 0 atom stereocenters. The summed E-state index contributed by atoms with van der Waals surface area (Å²) in [6.45, 7) is 1.83. The van der Waals surface area contributed by atoms with Crippen LogP contribution in [0.1, 0.15) is 5.56 Å². The SMILES string of the molecule is COCCn1c(-c2ccc(Cl)cc2)cnc1NCc1cccc(O)c1. The first-order chi connectivity index (χ1) is 12.2. The van der Waals surface area contributed by atoms with Crippen molar-refractivity contribution in [1.29, 1.82) is 0 Å². The third-order valence-electron chi connectivity index (χ3n) is 3.88. The molecule has 0 spiro atoms. The first-order valence-corrected chi connectivity index (χ1v) is 8.37. The van der Waals surface area contributed by atoms with Crippen molar-refractivity contribution in [1.82, 2.24) is 9.55 Å². The first-order valence-electron chi connectivity index (χ1n) is 7.99. The summed E-state index contributed by atoms with van der Waals surface area (Å²) in [6, 6.07) is 14.8. The highest BCUT2D eigenvalue weighted by Crippen LogP contribution is 2.25. The van der Waals surface area contributed by atoms with Crippen LogP contribution in [0.25, 0.3) is 11.3 Å². The summed E-state index contributed by atoms with van der Waals surface area (Å²) >= 11 is 5.98. The number of benzene rings is 2. The molecule has 0 fully saturated rings. The maximum Gasteiger partial charge on any atom is 0.203 e. The molecule has 2 N–H and O–H groups in total. The fraction of sp³-hybridized carbons (Fsp3) is 0.211. The molecule has 0 aliphatic heterocycles. The van der Waals surface area contributed by atoms with Crippen LogP contribution in [0, 0.1) is 0 Å². The summed E-state index contributed by atoms with van der Waals surface area (Å²) in [5.41, 5.74) is 3.01. The topological polar surface area (TPSA) is 59.3 Å². The minimum absolute atomic E-state index is 0.254. The van der Waals surface area contributed by atoms with Gasteiger partial charge in [0, 0.05) is 25.2 Å². The van der Waals surface area contributed by atoms with E-state index >= 15 is 0 Å². The smallest absolute Gasteiger partial charge is 0.203 e. The summed E-state index contributed by atoms with van der Waals surface area (Å²) < 4.78 is 7.31. The zero-order valence-corrected chi connectivity index (χ0v) is 14.7. The van der Waals surface area contributed by atoms with E-state index in [2.05, 4.69) is 14.9 Å². The van der Waals surface area contributed by atoms with Crippen LogP contribution in [0.15, 0.2) is 54.7 Å². The molecule has 1 heterocycles. The van der Waals surface area contributed by atoms with Crippen LogP contribution in [0.3, 0.4) is 0 Å². The molecule has 0 saturated carbocycles. The van der Waals surface area contributed by atoms with Crippen LogP contribution < -0.4 is 5.32 Å². The van der Waals surface area contributed by atoms with Gasteiger partial charge in [0.15, 0.2) is 0 Å². The van der Waals surface area contributed by atoms with Gasteiger partial charge < -0.3 is 19.7 Å². The highest BCUT2D eigenvalue weighted by Gasteiger charge is 2.11. The van der Waals surface area contributed by atoms with Gasteiger partial charge >= 0.3 is 0 Å². The minimum Gasteiger partial charge on any atom is -0.508 e. The number of methoxy groups -OCH3 is 1. The Morgan fingerprint density at radius 1 is 1.20 bits per heavy atom. The first kappa shape index (κ1) is 17.3. The van der Waals surface area contributed by atoms with E-state index in [9.17, 15) is 5.11 Å². The number of ether oxygens (including phenoxy) is 1. The minimum atomic E-state index is 0.254. The summed E-state index contributed by atoms with van der Waals surface area (Å²) in [6.07, 6.45) is 1.84. The molecule has 0 amide bonds. The zero-order chi connectivity index (χ0) is 17.6. The van der Waals surface area contributed by atoms with E-state index in [0.717, 1.165) is 22.8 Å². The van der Waals surface area contributed by atoms with Crippen molar-refractivity contribution in [3.8, 4) is 17.0 Å². The Bertz CT molecular complexity index is 831. The standard InChI is InChI=1S/C19H20ClN3O2/c1-25-10-9-23-18(15-5-7-16(20)8-6-15)13-22-19(23)21-12-14-3-2-4-17(24)11-14/h2-8,11,13,24H,9-10,12H2,1H3,(H,21,22). The number of anilines is 1. The molecule has 1 aromatic heterocycles. The predicted octanol–water partition coefficient (Wildman–Crippen LogP) is 4.17. The van der Waals surface area contributed by atoms with E-state index < -0.39 is 0 Å². The Kier molecular flexibility index (Phi) is 5.58. The molecule has 0 saturated heterocycles. The van der Waals surface area contributed by atoms with Gasteiger partial charge in [-0.15, -0.1) is 0 Å². The number of phenolic OH excluding ortho intramolecular Hbond substituents is 1. The molecule has 0 radical (unpaired) electrons. The maximum atomic E-state index is 9.58. The van der Waals surface area contributed by atoms with Crippen molar-refractivity contribution < 1.29 is 9.84 Å². The Morgan fingerprint density at radius 2 is 2.00 bits per heavy atom. The summed E-state index contributed by atoms with van der Waals surface area (Å²) in [4.78, 5) is 4.51. The van der Waals surface area contributed by atoms with Crippen molar-refractivity contribution in [2.45, 2.75) is 13.1 Å². The van der Waals surface area contributed by atoms with Gasteiger partial charge in [0.05, 0.1) is 18.5 Å². The molecule has 2 aromatic carbocycles. The molecule has 0 aliphatic rings. The van der Waals surface area contributed by atoms with Crippen molar-refractivity contribution in [2.75, 3.05) is 19.0 Å². The summed E-state index contributed by atoms with van der Waals surface area (Å²) in [7, 11) is 1.68. The van der Waals surface area contributed by atoms with Gasteiger partial charge in [0.25, 0.3) is 0 Å². The van der Waals surface area contributed by atoms with Gasteiger partial charge in [-0.3, -0.25) is 0 Å². The van der Waals surface area contributed by atoms with Crippen LogP contribution in [0.5, 0.6) is 5.75 Å². The normalized spacial score (nSPS) is 10.8. The largest absolute Gasteiger partial charge is 0.508 e. The molecule has 130 valence electrons. The number of hydrogen-bond acceptors (Lipinski definition) is 4. The fourth-order valence-electron chi connectivity index (χ4n) is 2.62. The molecule has 6 heteroatoms. The molecule has 25 heavy (non-hydrogen) atoms. The van der Waals surface area contributed by atoms with E-state index in [1.54, 1.807) is 19.2 Å². The van der Waals surface area contributed by atoms with Crippen LogP contribution in [0.2, 0.25) is 5.02 Å². The average molecular weight is 358 g/mol. The van der Waals surface area contributed by atoms with Crippen molar-refractivity contribution >= 4 is 17.5 Å². The monoisotopic (exact) mass is 357 g/mol. The molecule has 0 unspecified atom stereocenters. The zero-order valence-electron chi connectivity index (χ0n) is 13.9. The summed E-state index contributed by atoms with van der Waals surface area (Å²) in [5, 5.41) is 13.6. The number of rotatable bonds is 7. The van der Waals surface area contributed by atoms with E-state index in [4.69, 9.17) is 16.3 Å². The van der Waals surface area contributed by atoms with E-state index in [1.807, 2.05) is 42.6 Å². The molecule has 0 aliphatic carbocycles. The van der Waals surface area contributed by atoms with E-state index in [1.165, 1.54) is 0 Å². The second kappa shape index (κ2) is 8.05. The number of aromatic hydroxyl groups is 1. The molecule has 0 bridgehead atoms. The molecule has 5 nitrogen and oxygen atoms in total. The highest BCUT2D eigenvalue weighted by molar-refractivity contribution is 6.30. The second-order valence-corrected chi connectivity index (χ2v) is 6.08. The van der Waals surface area contributed by atoms with Gasteiger partial charge in [-0.25, -0.2) is 4.98 Å². The Labute approximate surface area is 151 Å². The van der Waals surface area contributed by atoms with Gasteiger partial charge in [-0.05, 0) is 35.4 Å². The maximum absolute atomic E-state index is 9.58.